The highest BCUT2D eigenvalue weighted by Crippen LogP contribution is 2.43. The van der Waals surface area contributed by atoms with Gasteiger partial charge in [0.15, 0.2) is 0 Å². The third-order valence-corrected chi connectivity index (χ3v) is 8.82. The fraction of sp³-hybridized carbons (Fsp3) is 0.865. The summed E-state index contributed by atoms with van der Waals surface area (Å²) in [5, 5.41) is 18.3. The highest BCUT2D eigenvalue weighted by Gasteiger charge is 2.26. The fourth-order valence-corrected chi connectivity index (χ4v) is 5.77. The predicted octanol–water partition coefficient (Wildman–Crippen LogP) is 9.53. The molecule has 9 nitrogen and oxygen atoms in total. The number of esters is 1. The standard InChI is InChI=1S/C37H71O9P/c1-3-5-7-9-11-13-15-17-19-21-23-25-27-29-37(40)46-36(34-45-47(41,42)44-32-35(39)31-38)33-43-30-28-26-24-22-20-18-16-14-12-10-8-6-4-2/h7,9,13,15,35-36,38-39H,3-6,8,10-12,14,16-34H2,1-2H3,(H,41,42)/b9-7-,15-13-. The molecule has 0 fully saturated rings. The van der Waals surface area contributed by atoms with Crippen molar-refractivity contribution in [1.82, 2.24) is 0 Å². The Kier molecular flexibility index (Phi) is 34.0. The first-order valence-corrected chi connectivity index (χ1v) is 20.3. The molecule has 3 atom stereocenters. The zero-order valence-corrected chi connectivity index (χ0v) is 30.9. The number of phosphoric acid groups is 1. The van der Waals surface area contributed by atoms with Crippen molar-refractivity contribution >= 4 is 13.8 Å². The number of carbonyl (C=O) groups excluding carboxylic acids is 1. The Morgan fingerprint density at radius 1 is 0.660 bits per heavy atom. The summed E-state index contributed by atoms with van der Waals surface area (Å²) < 4.78 is 33.2. The van der Waals surface area contributed by atoms with Crippen LogP contribution in [0.5, 0.6) is 0 Å². The Labute approximate surface area is 287 Å². The van der Waals surface area contributed by atoms with Crippen LogP contribution >= 0.6 is 7.82 Å². The minimum Gasteiger partial charge on any atom is -0.457 e. The quantitative estimate of drug-likeness (QED) is 0.0254. The summed E-state index contributed by atoms with van der Waals surface area (Å²) in [5.41, 5.74) is 0. The van der Waals surface area contributed by atoms with Crippen LogP contribution in [-0.2, 0) is 27.9 Å². The molecule has 0 rings (SSSR count). The Balaban J connectivity index is 4.25. The number of phosphoric ester groups is 1. The summed E-state index contributed by atoms with van der Waals surface area (Å²) in [7, 11) is -4.51. The highest BCUT2D eigenvalue weighted by atomic mass is 31.2. The van der Waals surface area contributed by atoms with Crippen molar-refractivity contribution in [1.29, 1.82) is 0 Å². The molecular formula is C37H71O9P. The SMILES string of the molecule is CCC/C=C\C/C=C\CCCCCCCC(=O)OC(COCCCCCCCCCCCCCCC)COP(=O)(O)OCC(O)CO. The molecule has 278 valence electrons. The number of allylic oxidation sites excluding steroid dienone is 4. The third-order valence-electron chi connectivity index (χ3n) is 7.87. The second-order valence-corrected chi connectivity index (χ2v) is 14.1. The lowest BCUT2D eigenvalue weighted by Gasteiger charge is -2.20. The van der Waals surface area contributed by atoms with Crippen molar-refractivity contribution in [3.8, 4) is 0 Å². The number of hydrogen-bond donors (Lipinski definition) is 3. The van der Waals surface area contributed by atoms with Crippen LogP contribution in [0.25, 0.3) is 0 Å². The van der Waals surface area contributed by atoms with Gasteiger partial charge in [-0.05, 0) is 38.5 Å². The van der Waals surface area contributed by atoms with Gasteiger partial charge in [0.25, 0.3) is 0 Å². The number of carbonyl (C=O) groups is 1. The minimum atomic E-state index is -4.51. The van der Waals surface area contributed by atoms with Crippen molar-refractivity contribution in [2.45, 2.75) is 174 Å². The summed E-state index contributed by atoms with van der Waals surface area (Å²) in [4.78, 5) is 22.4. The number of ether oxygens (including phenoxy) is 2. The molecule has 0 aliphatic heterocycles. The first kappa shape index (κ1) is 45.9. The molecule has 0 aromatic carbocycles. The lowest BCUT2D eigenvalue weighted by Crippen LogP contribution is -2.29. The number of hydrogen-bond acceptors (Lipinski definition) is 8. The van der Waals surface area contributed by atoms with Gasteiger partial charge in [-0.25, -0.2) is 4.57 Å². The molecule has 0 amide bonds. The normalized spacial score (nSPS) is 14.6. The summed E-state index contributed by atoms with van der Waals surface area (Å²) in [5.74, 6) is -0.397. The molecule has 0 radical (unpaired) electrons. The van der Waals surface area contributed by atoms with Gasteiger partial charge in [0, 0.05) is 13.0 Å². The number of aliphatic hydroxyl groups is 2. The molecule has 3 unspecified atom stereocenters. The molecule has 0 saturated heterocycles. The number of aliphatic hydroxyl groups excluding tert-OH is 2. The predicted molar refractivity (Wildman–Crippen MR) is 191 cm³/mol. The molecule has 0 aliphatic rings. The van der Waals surface area contributed by atoms with E-state index in [1.807, 2.05) is 0 Å². The van der Waals surface area contributed by atoms with Gasteiger partial charge in [-0.15, -0.1) is 0 Å². The highest BCUT2D eigenvalue weighted by molar-refractivity contribution is 7.47. The van der Waals surface area contributed by atoms with E-state index >= 15 is 0 Å². The molecule has 10 heteroatoms. The van der Waals surface area contributed by atoms with E-state index in [0.717, 1.165) is 57.8 Å². The van der Waals surface area contributed by atoms with Crippen molar-refractivity contribution in [2.24, 2.45) is 0 Å². The summed E-state index contributed by atoms with van der Waals surface area (Å²) in [6, 6.07) is 0. The Bertz CT molecular complexity index is 790. The van der Waals surface area contributed by atoms with Crippen LogP contribution in [0.1, 0.15) is 162 Å². The zero-order valence-electron chi connectivity index (χ0n) is 30.0. The molecule has 0 spiro atoms. The van der Waals surface area contributed by atoms with Gasteiger partial charge < -0.3 is 24.6 Å². The van der Waals surface area contributed by atoms with Crippen LogP contribution in [0.2, 0.25) is 0 Å². The second kappa shape index (κ2) is 34.8. The fourth-order valence-electron chi connectivity index (χ4n) is 4.98. The van der Waals surface area contributed by atoms with Crippen molar-refractivity contribution in [2.75, 3.05) is 33.0 Å². The van der Waals surface area contributed by atoms with E-state index in [-0.39, 0.29) is 19.6 Å². The summed E-state index contributed by atoms with van der Waals surface area (Å²) in [6.45, 7) is 3.43. The van der Waals surface area contributed by atoms with E-state index in [9.17, 15) is 19.4 Å². The largest absolute Gasteiger partial charge is 0.472 e. The smallest absolute Gasteiger partial charge is 0.457 e. The molecular weight excluding hydrogens is 619 g/mol. The van der Waals surface area contributed by atoms with Gasteiger partial charge in [-0.3, -0.25) is 13.8 Å². The van der Waals surface area contributed by atoms with Gasteiger partial charge in [0.2, 0.25) is 0 Å². The molecule has 0 aromatic heterocycles. The van der Waals surface area contributed by atoms with Crippen LogP contribution < -0.4 is 0 Å². The van der Waals surface area contributed by atoms with Crippen LogP contribution in [-0.4, -0.2) is 66.3 Å². The van der Waals surface area contributed by atoms with Crippen molar-refractivity contribution in [3.05, 3.63) is 24.3 Å². The van der Waals surface area contributed by atoms with E-state index in [2.05, 4.69) is 38.2 Å². The van der Waals surface area contributed by atoms with E-state index < -0.39 is 39.2 Å². The molecule has 3 N–H and O–H groups in total. The van der Waals surface area contributed by atoms with Crippen LogP contribution in [0.15, 0.2) is 24.3 Å². The third kappa shape index (κ3) is 34.6. The number of unbranched alkanes of at least 4 members (excludes halogenated alkanes) is 18. The first-order chi connectivity index (χ1) is 22.8. The van der Waals surface area contributed by atoms with Crippen LogP contribution in [0, 0.1) is 0 Å². The zero-order chi connectivity index (χ0) is 34.7. The topological polar surface area (TPSA) is 132 Å². The maximum absolute atomic E-state index is 12.5. The number of rotatable bonds is 36. The van der Waals surface area contributed by atoms with E-state index in [4.69, 9.17) is 23.6 Å². The monoisotopic (exact) mass is 690 g/mol. The molecule has 0 aliphatic carbocycles. The lowest BCUT2D eigenvalue weighted by atomic mass is 10.0. The van der Waals surface area contributed by atoms with Crippen LogP contribution in [0.3, 0.4) is 0 Å². The van der Waals surface area contributed by atoms with Gasteiger partial charge in [0.05, 0.1) is 26.4 Å². The maximum Gasteiger partial charge on any atom is 0.472 e. The molecule has 0 saturated carbocycles. The molecule has 47 heavy (non-hydrogen) atoms. The summed E-state index contributed by atoms with van der Waals surface area (Å²) in [6.07, 6.45) is 32.7. The lowest BCUT2D eigenvalue weighted by molar-refractivity contribution is -0.154. The van der Waals surface area contributed by atoms with Gasteiger partial charge in [-0.2, -0.15) is 0 Å². The van der Waals surface area contributed by atoms with E-state index in [1.165, 1.54) is 77.0 Å². The Hall–Kier alpha value is -1.06. The van der Waals surface area contributed by atoms with Crippen molar-refractivity contribution in [3.63, 3.8) is 0 Å². The molecule has 0 heterocycles. The Morgan fingerprint density at radius 2 is 1.19 bits per heavy atom. The molecule has 0 bridgehead atoms. The van der Waals surface area contributed by atoms with E-state index in [0.29, 0.717) is 13.0 Å². The second-order valence-electron chi connectivity index (χ2n) is 12.6. The maximum atomic E-state index is 12.5. The average molecular weight is 691 g/mol. The first-order valence-electron chi connectivity index (χ1n) is 18.8. The molecule has 0 aromatic rings. The van der Waals surface area contributed by atoms with Crippen LogP contribution in [0.4, 0.5) is 0 Å². The van der Waals surface area contributed by atoms with Crippen molar-refractivity contribution < 1.29 is 43.0 Å². The van der Waals surface area contributed by atoms with E-state index in [1.54, 1.807) is 0 Å². The average Bonchev–Trinajstić information content (AvgIpc) is 3.06. The summed E-state index contributed by atoms with van der Waals surface area (Å²) >= 11 is 0. The minimum absolute atomic E-state index is 0.0468. The van der Waals surface area contributed by atoms with Gasteiger partial charge in [-0.1, -0.05) is 141 Å². The van der Waals surface area contributed by atoms with Gasteiger partial charge in [0.1, 0.15) is 12.2 Å². The Morgan fingerprint density at radius 3 is 1.79 bits per heavy atom. The van der Waals surface area contributed by atoms with Gasteiger partial charge >= 0.3 is 13.8 Å².